The zero-order valence-corrected chi connectivity index (χ0v) is 9.18. The minimum atomic E-state index is -0.190. The van der Waals surface area contributed by atoms with E-state index < -0.39 is 0 Å². The van der Waals surface area contributed by atoms with Gasteiger partial charge in [-0.05, 0) is 12.1 Å². The van der Waals surface area contributed by atoms with Crippen molar-refractivity contribution in [2.24, 2.45) is 0 Å². The molecule has 1 aromatic carbocycles. The summed E-state index contributed by atoms with van der Waals surface area (Å²) in [5.41, 5.74) is 1.23. The molecule has 1 heterocycles. The number of amides is 1. The number of benzene rings is 1. The molecule has 0 aliphatic carbocycles. The van der Waals surface area contributed by atoms with Crippen molar-refractivity contribution in [2.75, 3.05) is 6.54 Å². The molecule has 0 atom stereocenters. The van der Waals surface area contributed by atoms with Gasteiger partial charge in [-0.1, -0.05) is 18.2 Å². The number of pyridine rings is 1. The van der Waals surface area contributed by atoms with Crippen LogP contribution in [0, 0.1) is 11.3 Å². The number of nitriles is 1. The number of hydrogen-bond acceptors (Lipinski definition) is 3. The highest BCUT2D eigenvalue weighted by Crippen LogP contribution is 2.15. The summed E-state index contributed by atoms with van der Waals surface area (Å²) in [6.07, 6.45) is 1.97. The van der Waals surface area contributed by atoms with Crippen LogP contribution < -0.4 is 5.32 Å². The van der Waals surface area contributed by atoms with Crippen LogP contribution in [0.2, 0.25) is 0 Å². The molecule has 0 saturated carbocycles. The summed E-state index contributed by atoms with van der Waals surface area (Å²) in [5.74, 6) is -0.190. The molecular weight excluding hydrogens is 214 g/mol. The number of hydrogen-bond donors (Lipinski definition) is 1. The largest absolute Gasteiger partial charge is 0.351 e. The first-order valence-corrected chi connectivity index (χ1v) is 5.32. The van der Waals surface area contributed by atoms with E-state index in [0.717, 1.165) is 5.39 Å². The normalized spacial score (nSPS) is 9.82. The van der Waals surface area contributed by atoms with E-state index in [1.165, 1.54) is 0 Å². The monoisotopic (exact) mass is 225 g/mol. The molecule has 1 N–H and O–H groups in total. The van der Waals surface area contributed by atoms with E-state index in [1.54, 1.807) is 12.3 Å². The van der Waals surface area contributed by atoms with Crippen LogP contribution >= 0.6 is 0 Å². The van der Waals surface area contributed by atoms with Crippen LogP contribution in [0.15, 0.2) is 36.5 Å². The number of para-hydroxylation sites is 1. The van der Waals surface area contributed by atoms with E-state index >= 15 is 0 Å². The topological polar surface area (TPSA) is 65.8 Å². The molecule has 1 amide bonds. The van der Waals surface area contributed by atoms with Crippen LogP contribution in [-0.2, 0) is 0 Å². The van der Waals surface area contributed by atoms with E-state index in [-0.39, 0.29) is 5.91 Å². The summed E-state index contributed by atoms with van der Waals surface area (Å²) < 4.78 is 0. The lowest BCUT2D eigenvalue weighted by atomic mass is 10.1. The Bertz CT molecular complexity index is 581. The Hall–Kier alpha value is -2.41. The molecule has 0 bridgehead atoms. The molecule has 4 heteroatoms. The Labute approximate surface area is 98.9 Å². The predicted molar refractivity (Wildman–Crippen MR) is 64.3 cm³/mol. The summed E-state index contributed by atoms with van der Waals surface area (Å²) in [6, 6.07) is 11.2. The minimum absolute atomic E-state index is 0.190. The summed E-state index contributed by atoms with van der Waals surface area (Å²) >= 11 is 0. The number of nitrogens with one attached hydrogen (secondary N) is 1. The van der Waals surface area contributed by atoms with Crippen molar-refractivity contribution >= 4 is 16.8 Å². The minimum Gasteiger partial charge on any atom is -0.351 e. The maximum absolute atomic E-state index is 11.9. The molecule has 84 valence electrons. The van der Waals surface area contributed by atoms with Crippen LogP contribution in [-0.4, -0.2) is 17.4 Å². The lowest BCUT2D eigenvalue weighted by Crippen LogP contribution is -2.24. The highest BCUT2D eigenvalue weighted by molar-refractivity contribution is 6.05. The lowest BCUT2D eigenvalue weighted by molar-refractivity contribution is 0.0956. The van der Waals surface area contributed by atoms with E-state index in [2.05, 4.69) is 10.3 Å². The number of nitrogens with zero attached hydrogens (tertiary/aromatic N) is 2. The van der Waals surface area contributed by atoms with Gasteiger partial charge >= 0.3 is 0 Å². The average Bonchev–Trinajstić information content (AvgIpc) is 2.38. The summed E-state index contributed by atoms with van der Waals surface area (Å²) in [4.78, 5) is 16.1. The average molecular weight is 225 g/mol. The lowest BCUT2D eigenvalue weighted by Gasteiger charge is -2.05. The zero-order valence-electron chi connectivity index (χ0n) is 9.18. The van der Waals surface area contributed by atoms with Crippen LogP contribution in [0.4, 0.5) is 0 Å². The van der Waals surface area contributed by atoms with Crippen molar-refractivity contribution in [3.63, 3.8) is 0 Å². The molecule has 1 aromatic heterocycles. The molecule has 17 heavy (non-hydrogen) atoms. The first-order valence-electron chi connectivity index (χ1n) is 5.32. The van der Waals surface area contributed by atoms with E-state index in [9.17, 15) is 4.79 Å². The third-order valence-electron chi connectivity index (χ3n) is 2.40. The van der Waals surface area contributed by atoms with Crippen molar-refractivity contribution in [1.29, 1.82) is 5.26 Å². The number of carbonyl (C=O) groups is 1. The third-order valence-corrected chi connectivity index (χ3v) is 2.40. The van der Waals surface area contributed by atoms with Crippen molar-refractivity contribution in [3.05, 3.63) is 42.1 Å². The third kappa shape index (κ3) is 2.40. The highest BCUT2D eigenvalue weighted by atomic mass is 16.1. The fourth-order valence-electron chi connectivity index (χ4n) is 1.61. The maximum atomic E-state index is 11.9. The molecule has 0 radical (unpaired) electrons. The van der Waals surface area contributed by atoms with Crippen LogP contribution in [0.3, 0.4) is 0 Å². The SMILES string of the molecule is N#CCCNC(=O)c1cccc2cccnc12. The van der Waals surface area contributed by atoms with E-state index in [4.69, 9.17) is 5.26 Å². The number of rotatable bonds is 3. The quantitative estimate of drug-likeness (QED) is 0.811. The van der Waals surface area contributed by atoms with Crippen molar-refractivity contribution in [3.8, 4) is 6.07 Å². The Morgan fingerprint density at radius 2 is 2.18 bits per heavy atom. The molecule has 0 fully saturated rings. The fraction of sp³-hybridized carbons (Fsp3) is 0.154. The van der Waals surface area contributed by atoms with Gasteiger partial charge in [0.2, 0.25) is 0 Å². The molecule has 0 aliphatic rings. The van der Waals surface area contributed by atoms with Gasteiger partial charge in [0.05, 0.1) is 23.6 Å². The molecule has 2 aromatic rings. The second-order valence-corrected chi connectivity index (χ2v) is 3.54. The summed E-state index contributed by atoms with van der Waals surface area (Å²) in [6.45, 7) is 0.360. The fourth-order valence-corrected chi connectivity index (χ4v) is 1.61. The molecule has 0 spiro atoms. The Morgan fingerprint density at radius 1 is 1.35 bits per heavy atom. The molecule has 4 nitrogen and oxygen atoms in total. The summed E-state index contributed by atoms with van der Waals surface area (Å²) in [7, 11) is 0. The van der Waals surface area contributed by atoms with Gasteiger partial charge in [-0.25, -0.2) is 0 Å². The molecular formula is C13H11N3O. The molecule has 0 unspecified atom stereocenters. The van der Waals surface area contributed by atoms with Crippen LogP contribution in [0.5, 0.6) is 0 Å². The molecule has 0 aliphatic heterocycles. The van der Waals surface area contributed by atoms with Gasteiger partial charge in [0, 0.05) is 18.1 Å². The van der Waals surface area contributed by atoms with Gasteiger partial charge in [-0.3, -0.25) is 9.78 Å². The Kier molecular flexibility index (Phi) is 3.31. The van der Waals surface area contributed by atoms with Gasteiger partial charge in [0.25, 0.3) is 5.91 Å². The van der Waals surface area contributed by atoms with Gasteiger partial charge in [-0.2, -0.15) is 5.26 Å². The van der Waals surface area contributed by atoms with Crippen molar-refractivity contribution < 1.29 is 4.79 Å². The predicted octanol–water partition coefficient (Wildman–Crippen LogP) is 1.88. The number of aromatic nitrogens is 1. The van der Waals surface area contributed by atoms with E-state index in [1.807, 2.05) is 30.3 Å². The highest BCUT2D eigenvalue weighted by Gasteiger charge is 2.09. The van der Waals surface area contributed by atoms with Gasteiger partial charge in [0.15, 0.2) is 0 Å². The van der Waals surface area contributed by atoms with Gasteiger partial charge < -0.3 is 5.32 Å². The Balaban J connectivity index is 2.29. The summed E-state index contributed by atoms with van der Waals surface area (Å²) in [5, 5.41) is 12.0. The van der Waals surface area contributed by atoms with E-state index in [0.29, 0.717) is 24.0 Å². The maximum Gasteiger partial charge on any atom is 0.253 e. The molecule has 2 rings (SSSR count). The number of carbonyl (C=O) groups excluding carboxylic acids is 1. The molecule has 0 saturated heterocycles. The van der Waals surface area contributed by atoms with Crippen molar-refractivity contribution in [2.45, 2.75) is 6.42 Å². The first kappa shape index (κ1) is 11.1. The standard InChI is InChI=1S/C13H11N3O/c14-7-3-9-16-13(17)11-6-1-4-10-5-2-8-15-12(10)11/h1-2,4-6,8H,3,9H2,(H,16,17). The van der Waals surface area contributed by atoms with Gasteiger partial charge in [0.1, 0.15) is 0 Å². The van der Waals surface area contributed by atoms with Crippen LogP contribution in [0.1, 0.15) is 16.8 Å². The Morgan fingerprint density at radius 3 is 3.00 bits per heavy atom. The van der Waals surface area contributed by atoms with Crippen LogP contribution in [0.25, 0.3) is 10.9 Å². The van der Waals surface area contributed by atoms with Gasteiger partial charge in [-0.15, -0.1) is 0 Å². The smallest absolute Gasteiger partial charge is 0.253 e. The first-order chi connectivity index (χ1) is 8.33. The van der Waals surface area contributed by atoms with Crippen molar-refractivity contribution in [1.82, 2.24) is 10.3 Å². The number of fused-ring (bicyclic) bond motifs is 1. The second-order valence-electron chi connectivity index (χ2n) is 3.54. The zero-order chi connectivity index (χ0) is 12.1. The second kappa shape index (κ2) is 5.08.